The summed E-state index contributed by atoms with van der Waals surface area (Å²) in [5.74, 6) is 1.22. The highest BCUT2D eigenvalue weighted by Crippen LogP contribution is 2.22. The fourth-order valence-electron chi connectivity index (χ4n) is 3.60. The molecule has 1 saturated heterocycles. The highest BCUT2D eigenvalue weighted by Gasteiger charge is 2.31. The Morgan fingerprint density at radius 2 is 1.52 bits per heavy atom. The van der Waals surface area contributed by atoms with Gasteiger partial charge in [0.15, 0.2) is 0 Å². The second kappa shape index (κ2) is 9.90. The Morgan fingerprint density at radius 1 is 0.939 bits per heavy atom. The van der Waals surface area contributed by atoms with E-state index in [1.807, 2.05) is 24.3 Å². The van der Waals surface area contributed by atoms with E-state index in [2.05, 4.69) is 4.98 Å². The van der Waals surface area contributed by atoms with E-state index in [4.69, 9.17) is 9.47 Å². The first kappa shape index (κ1) is 23.2. The highest BCUT2D eigenvalue weighted by atomic mass is 32.2. The van der Waals surface area contributed by atoms with Crippen molar-refractivity contribution in [3.8, 4) is 11.5 Å². The zero-order valence-electron chi connectivity index (χ0n) is 18.4. The van der Waals surface area contributed by atoms with E-state index in [1.165, 1.54) is 34.9 Å². The van der Waals surface area contributed by atoms with Gasteiger partial charge in [0, 0.05) is 38.0 Å². The fraction of sp³-hybridized carbons (Fsp3) is 0.304. The van der Waals surface area contributed by atoms with Gasteiger partial charge in [-0.1, -0.05) is 12.1 Å². The number of rotatable bonds is 7. The summed E-state index contributed by atoms with van der Waals surface area (Å²) in [7, 11) is -0.460. The number of aromatic nitrogens is 1. The number of amides is 1. The summed E-state index contributed by atoms with van der Waals surface area (Å²) >= 11 is 1.45. The molecule has 0 aliphatic carbocycles. The third-order valence-electron chi connectivity index (χ3n) is 5.51. The number of methoxy groups -OCH3 is 2. The molecule has 1 fully saturated rings. The molecular formula is C23H25N3O5S2. The van der Waals surface area contributed by atoms with Gasteiger partial charge in [0.25, 0.3) is 5.91 Å². The molecule has 2 aromatic carbocycles. The van der Waals surface area contributed by atoms with E-state index in [1.54, 1.807) is 29.5 Å². The first-order valence-corrected chi connectivity index (χ1v) is 12.7. The summed E-state index contributed by atoms with van der Waals surface area (Å²) in [6, 6.07) is 14.1. The molecule has 0 spiro atoms. The van der Waals surface area contributed by atoms with Gasteiger partial charge in [-0.3, -0.25) is 4.79 Å². The number of benzene rings is 2. The molecule has 0 bridgehead atoms. The second-order valence-electron chi connectivity index (χ2n) is 7.52. The summed E-state index contributed by atoms with van der Waals surface area (Å²) in [6.07, 6.45) is 0.635. The van der Waals surface area contributed by atoms with E-state index >= 15 is 0 Å². The van der Waals surface area contributed by atoms with Crippen molar-refractivity contribution >= 4 is 27.3 Å². The van der Waals surface area contributed by atoms with E-state index in [-0.39, 0.29) is 23.9 Å². The minimum Gasteiger partial charge on any atom is -0.497 e. The van der Waals surface area contributed by atoms with Crippen LogP contribution in [0.2, 0.25) is 0 Å². The normalized spacial score (nSPS) is 14.8. The van der Waals surface area contributed by atoms with E-state index in [0.717, 1.165) is 16.3 Å². The maximum Gasteiger partial charge on any atom is 0.273 e. The van der Waals surface area contributed by atoms with Crippen molar-refractivity contribution in [2.24, 2.45) is 0 Å². The van der Waals surface area contributed by atoms with E-state index < -0.39 is 10.0 Å². The number of carbonyl (C=O) groups excluding carboxylic acids is 1. The SMILES string of the molecule is COc1ccc(Cc2nc(C(=O)N3CCN(S(=O)(=O)c4ccc(OC)cc4)CC3)cs2)cc1. The van der Waals surface area contributed by atoms with Gasteiger partial charge in [0.1, 0.15) is 17.2 Å². The predicted molar refractivity (Wildman–Crippen MR) is 126 cm³/mol. The van der Waals surface area contributed by atoms with Crippen molar-refractivity contribution in [2.45, 2.75) is 11.3 Å². The van der Waals surface area contributed by atoms with Crippen LogP contribution in [-0.2, 0) is 16.4 Å². The smallest absolute Gasteiger partial charge is 0.273 e. The lowest BCUT2D eigenvalue weighted by Gasteiger charge is -2.33. The van der Waals surface area contributed by atoms with Gasteiger partial charge in [0.2, 0.25) is 10.0 Å². The van der Waals surface area contributed by atoms with Gasteiger partial charge in [-0.15, -0.1) is 11.3 Å². The molecule has 8 nitrogen and oxygen atoms in total. The van der Waals surface area contributed by atoms with Crippen molar-refractivity contribution in [2.75, 3.05) is 40.4 Å². The number of nitrogens with zero attached hydrogens (tertiary/aromatic N) is 3. The Bertz CT molecular complexity index is 1200. The van der Waals surface area contributed by atoms with Crippen molar-refractivity contribution in [1.82, 2.24) is 14.2 Å². The Hall–Kier alpha value is -2.95. The second-order valence-corrected chi connectivity index (χ2v) is 10.4. The Labute approximate surface area is 197 Å². The van der Waals surface area contributed by atoms with Crippen LogP contribution >= 0.6 is 11.3 Å². The summed E-state index contributed by atoms with van der Waals surface area (Å²) in [6.45, 7) is 1.12. The van der Waals surface area contributed by atoms with Gasteiger partial charge < -0.3 is 14.4 Å². The standard InChI is InChI=1S/C23H25N3O5S2/c1-30-18-5-3-17(4-6-18)15-22-24-21(16-32-22)23(27)25-11-13-26(14-12-25)33(28,29)20-9-7-19(31-2)8-10-20/h3-10,16H,11-15H2,1-2H3. The lowest BCUT2D eigenvalue weighted by Crippen LogP contribution is -2.50. The molecule has 33 heavy (non-hydrogen) atoms. The molecule has 2 heterocycles. The van der Waals surface area contributed by atoms with Crippen LogP contribution in [0.1, 0.15) is 21.1 Å². The van der Waals surface area contributed by atoms with Crippen molar-refractivity contribution in [3.63, 3.8) is 0 Å². The largest absolute Gasteiger partial charge is 0.497 e. The first-order chi connectivity index (χ1) is 15.9. The molecular weight excluding hydrogens is 462 g/mol. The fourth-order valence-corrected chi connectivity index (χ4v) is 5.82. The third kappa shape index (κ3) is 5.18. The van der Waals surface area contributed by atoms with Gasteiger partial charge in [-0.05, 0) is 42.0 Å². The van der Waals surface area contributed by atoms with Crippen LogP contribution in [0.3, 0.4) is 0 Å². The molecule has 1 aliphatic heterocycles. The van der Waals surface area contributed by atoms with Crippen LogP contribution < -0.4 is 9.47 Å². The lowest BCUT2D eigenvalue weighted by atomic mass is 10.1. The number of hydrogen-bond donors (Lipinski definition) is 0. The lowest BCUT2D eigenvalue weighted by molar-refractivity contribution is 0.0692. The van der Waals surface area contributed by atoms with Crippen LogP contribution in [0.15, 0.2) is 58.8 Å². The van der Waals surface area contributed by atoms with Gasteiger partial charge in [-0.2, -0.15) is 4.31 Å². The monoisotopic (exact) mass is 487 g/mol. The van der Waals surface area contributed by atoms with Crippen molar-refractivity contribution in [3.05, 3.63) is 70.2 Å². The first-order valence-electron chi connectivity index (χ1n) is 10.4. The number of thiazole rings is 1. The summed E-state index contributed by atoms with van der Waals surface area (Å²) < 4.78 is 37.5. The predicted octanol–water partition coefficient (Wildman–Crippen LogP) is 2.90. The van der Waals surface area contributed by atoms with E-state index in [0.29, 0.717) is 31.0 Å². The molecule has 0 saturated carbocycles. The van der Waals surface area contributed by atoms with Crippen LogP contribution in [0, 0.1) is 0 Å². The van der Waals surface area contributed by atoms with Crippen molar-refractivity contribution in [1.29, 1.82) is 0 Å². The van der Waals surface area contributed by atoms with Crippen LogP contribution in [0.4, 0.5) is 0 Å². The minimum absolute atomic E-state index is 0.172. The molecule has 0 unspecified atom stereocenters. The van der Waals surface area contributed by atoms with Crippen LogP contribution in [-0.4, -0.2) is 68.9 Å². The topological polar surface area (TPSA) is 89.0 Å². The molecule has 3 aromatic rings. The molecule has 1 amide bonds. The molecule has 4 rings (SSSR count). The molecule has 1 aliphatic rings. The molecule has 0 atom stereocenters. The van der Waals surface area contributed by atoms with Gasteiger partial charge in [0.05, 0.1) is 24.1 Å². The quantitative estimate of drug-likeness (QED) is 0.509. The number of carbonyl (C=O) groups is 1. The van der Waals surface area contributed by atoms with Gasteiger partial charge in [-0.25, -0.2) is 13.4 Å². The Balaban J connectivity index is 1.36. The number of ether oxygens (including phenoxy) is 2. The summed E-state index contributed by atoms with van der Waals surface area (Å²) in [5.41, 5.74) is 1.48. The Kier molecular flexibility index (Phi) is 6.96. The van der Waals surface area contributed by atoms with Crippen LogP contribution in [0.5, 0.6) is 11.5 Å². The molecule has 174 valence electrons. The molecule has 0 radical (unpaired) electrons. The summed E-state index contributed by atoms with van der Waals surface area (Å²) in [5, 5.41) is 2.62. The zero-order valence-corrected chi connectivity index (χ0v) is 20.1. The maximum absolute atomic E-state index is 12.9. The maximum atomic E-state index is 12.9. The Morgan fingerprint density at radius 3 is 2.09 bits per heavy atom. The molecule has 1 aromatic heterocycles. The minimum atomic E-state index is -3.62. The molecule has 0 N–H and O–H groups in total. The van der Waals surface area contributed by atoms with Crippen LogP contribution in [0.25, 0.3) is 0 Å². The van der Waals surface area contributed by atoms with E-state index in [9.17, 15) is 13.2 Å². The number of sulfonamides is 1. The average molecular weight is 488 g/mol. The summed E-state index contributed by atoms with van der Waals surface area (Å²) in [4.78, 5) is 19.3. The number of hydrogen-bond acceptors (Lipinski definition) is 7. The van der Waals surface area contributed by atoms with Gasteiger partial charge >= 0.3 is 0 Å². The number of piperazine rings is 1. The average Bonchev–Trinajstić information content (AvgIpc) is 3.32. The highest BCUT2D eigenvalue weighted by molar-refractivity contribution is 7.89. The third-order valence-corrected chi connectivity index (χ3v) is 8.27. The molecule has 10 heteroatoms. The van der Waals surface area contributed by atoms with Crippen molar-refractivity contribution < 1.29 is 22.7 Å². The zero-order chi connectivity index (χ0) is 23.4.